The molecule has 0 spiro atoms. The first kappa shape index (κ1) is 32.0. The van der Waals surface area contributed by atoms with Crippen LogP contribution in [-0.2, 0) is 60.8 Å². The third-order valence-corrected chi connectivity index (χ3v) is 8.11. The average molecular weight is 621 g/mol. The molecular weight excluding hydrogens is 584 g/mol. The summed E-state index contributed by atoms with van der Waals surface area (Å²) >= 11 is 0. The van der Waals surface area contributed by atoms with Crippen LogP contribution in [0.3, 0.4) is 0 Å². The SMILES string of the molecule is CC1(C)O[C@H]([C@@H](CCc2ccccc2)C(=O)ON2C(=O)CCC2=O)[C@@H]([C@@H](CCc2ccccc2)C(=O)ON2C(=O)CCC2=O)O1. The highest BCUT2D eigenvalue weighted by Crippen LogP contribution is 2.40. The van der Waals surface area contributed by atoms with Gasteiger partial charge in [-0.2, -0.15) is 0 Å². The summed E-state index contributed by atoms with van der Waals surface area (Å²) in [5.74, 6) is -7.69. The minimum Gasteiger partial charge on any atom is -0.344 e. The molecule has 0 unspecified atom stereocenters. The fraction of sp³-hybridized carbons (Fsp3) is 0.455. The van der Waals surface area contributed by atoms with Crippen molar-refractivity contribution in [2.24, 2.45) is 11.8 Å². The van der Waals surface area contributed by atoms with Crippen molar-refractivity contribution in [3.05, 3.63) is 71.8 Å². The first-order valence-electron chi connectivity index (χ1n) is 15.1. The summed E-state index contributed by atoms with van der Waals surface area (Å²) in [6.07, 6.45) is -1.28. The number of nitrogens with zero attached hydrogens (tertiary/aromatic N) is 2. The van der Waals surface area contributed by atoms with Gasteiger partial charge in [0.05, 0.1) is 11.8 Å². The molecule has 5 rings (SSSR count). The van der Waals surface area contributed by atoms with Gasteiger partial charge in [-0.15, -0.1) is 10.1 Å². The highest BCUT2D eigenvalue weighted by molar-refractivity contribution is 6.02. The molecule has 3 aliphatic heterocycles. The zero-order valence-electron chi connectivity index (χ0n) is 25.2. The summed E-state index contributed by atoms with van der Waals surface area (Å²) in [4.78, 5) is 87.5. The number of hydrogen-bond acceptors (Lipinski definition) is 10. The normalized spacial score (nSPS) is 22.5. The summed E-state index contributed by atoms with van der Waals surface area (Å²) in [5, 5.41) is 0.971. The lowest BCUT2D eigenvalue weighted by molar-refractivity contribution is -0.206. The number of carbonyl (C=O) groups excluding carboxylic acids is 6. The third kappa shape index (κ3) is 7.63. The van der Waals surface area contributed by atoms with E-state index in [2.05, 4.69) is 0 Å². The number of amides is 4. The summed E-state index contributed by atoms with van der Waals surface area (Å²) < 4.78 is 12.6. The van der Waals surface area contributed by atoms with Gasteiger partial charge in [0.1, 0.15) is 12.2 Å². The van der Waals surface area contributed by atoms with E-state index < -0.39 is 65.4 Å². The molecule has 12 heteroatoms. The number of imide groups is 2. The first-order chi connectivity index (χ1) is 21.5. The molecule has 3 saturated heterocycles. The number of aryl methyl sites for hydroxylation is 2. The Kier molecular flexibility index (Phi) is 9.74. The molecule has 12 nitrogen and oxygen atoms in total. The Bertz CT molecular complexity index is 1300. The number of ether oxygens (including phenoxy) is 2. The topological polar surface area (TPSA) is 146 Å². The smallest absolute Gasteiger partial charge is 0.338 e. The van der Waals surface area contributed by atoms with Gasteiger partial charge in [0.25, 0.3) is 23.6 Å². The van der Waals surface area contributed by atoms with Gasteiger partial charge < -0.3 is 19.1 Å². The van der Waals surface area contributed by atoms with Gasteiger partial charge in [0.2, 0.25) is 0 Å². The van der Waals surface area contributed by atoms with Crippen LogP contribution < -0.4 is 0 Å². The van der Waals surface area contributed by atoms with Crippen LogP contribution in [0.1, 0.15) is 63.5 Å². The minimum absolute atomic E-state index is 0.0686. The Balaban J connectivity index is 1.46. The van der Waals surface area contributed by atoms with Crippen LogP contribution in [0.15, 0.2) is 60.7 Å². The van der Waals surface area contributed by atoms with E-state index in [9.17, 15) is 28.8 Å². The molecule has 3 heterocycles. The van der Waals surface area contributed by atoms with E-state index in [4.69, 9.17) is 19.1 Å². The molecule has 45 heavy (non-hydrogen) atoms. The van der Waals surface area contributed by atoms with E-state index in [-0.39, 0.29) is 38.5 Å². The van der Waals surface area contributed by atoms with Gasteiger partial charge in [-0.05, 0) is 50.7 Å². The fourth-order valence-corrected chi connectivity index (χ4v) is 5.84. The molecule has 0 aliphatic carbocycles. The van der Waals surface area contributed by atoms with Crippen molar-refractivity contribution in [1.29, 1.82) is 0 Å². The lowest BCUT2D eigenvalue weighted by Gasteiger charge is -2.30. The number of benzene rings is 2. The maximum absolute atomic E-state index is 13.8. The first-order valence-corrected chi connectivity index (χ1v) is 15.1. The lowest BCUT2D eigenvalue weighted by atomic mass is 9.84. The maximum Gasteiger partial charge on any atom is 0.338 e. The highest BCUT2D eigenvalue weighted by atomic mass is 16.8. The second-order valence-electron chi connectivity index (χ2n) is 11.8. The van der Waals surface area contributed by atoms with Gasteiger partial charge in [-0.3, -0.25) is 19.2 Å². The Morgan fingerprint density at radius 1 is 0.667 bits per heavy atom. The Hall–Kier alpha value is -4.42. The second-order valence-corrected chi connectivity index (χ2v) is 11.8. The van der Waals surface area contributed by atoms with Crippen LogP contribution >= 0.6 is 0 Å². The Morgan fingerprint density at radius 2 is 1.00 bits per heavy atom. The predicted octanol–water partition coefficient (Wildman–Crippen LogP) is 3.22. The van der Waals surface area contributed by atoms with Crippen LogP contribution in [0.2, 0.25) is 0 Å². The van der Waals surface area contributed by atoms with Crippen LogP contribution in [-0.4, -0.2) is 63.7 Å². The number of hydroxylamine groups is 4. The molecule has 4 amide bonds. The molecule has 2 aromatic carbocycles. The van der Waals surface area contributed by atoms with Crippen LogP contribution in [0.5, 0.6) is 0 Å². The van der Waals surface area contributed by atoms with Gasteiger partial charge in [0, 0.05) is 25.7 Å². The zero-order valence-corrected chi connectivity index (χ0v) is 25.2. The Labute approximate surface area is 260 Å². The van der Waals surface area contributed by atoms with Gasteiger partial charge in [-0.25, -0.2) is 9.59 Å². The minimum atomic E-state index is -1.26. The molecule has 0 saturated carbocycles. The maximum atomic E-state index is 13.8. The van der Waals surface area contributed by atoms with Crippen molar-refractivity contribution < 1.29 is 47.9 Å². The Morgan fingerprint density at radius 3 is 1.33 bits per heavy atom. The van der Waals surface area contributed by atoms with E-state index in [1.54, 1.807) is 13.8 Å². The van der Waals surface area contributed by atoms with E-state index in [1.165, 1.54) is 0 Å². The van der Waals surface area contributed by atoms with Crippen molar-refractivity contribution in [1.82, 2.24) is 10.1 Å². The molecule has 0 aromatic heterocycles. The lowest BCUT2D eigenvalue weighted by Crippen LogP contribution is -2.47. The summed E-state index contributed by atoms with van der Waals surface area (Å²) in [6.45, 7) is 3.28. The molecule has 4 atom stereocenters. The highest BCUT2D eigenvalue weighted by Gasteiger charge is 2.54. The molecule has 0 bridgehead atoms. The van der Waals surface area contributed by atoms with Crippen molar-refractivity contribution >= 4 is 35.6 Å². The second kappa shape index (κ2) is 13.7. The molecule has 0 N–H and O–H groups in total. The average Bonchev–Trinajstić information content (AvgIpc) is 3.63. The van der Waals surface area contributed by atoms with Crippen molar-refractivity contribution in [2.75, 3.05) is 0 Å². The molecule has 0 radical (unpaired) electrons. The predicted molar refractivity (Wildman–Crippen MR) is 155 cm³/mol. The van der Waals surface area contributed by atoms with E-state index in [0.29, 0.717) is 23.0 Å². The van der Waals surface area contributed by atoms with Crippen molar-refractivity contribution in [2.45, 2.75) is 83.2 Å². The molecule has 3 aliphatic rings. The summed E-state index contributed by atoms with van der Waals surface area (Å²) in [7, 11) is 0. The largest absolute Gasteiger partial charge is 0.344 e. The van der Waals surface area contributed by atoms with Crippen molar-refractivity contribution in [3.8, 4) is 0 Å². The number of hydrogen-bond donors (Lipinski definition) is 0. The standard InChI is InChI=1S/C33H36N2O10/c1-33(2)42-29(23(15-13-21-9-5-3-6-10-21)31(40)44-34-25(36)17-18-26(34)37)30(43-33)24(16-14-22-11-7-4-8-12-22)32(41)45-35-27(38)19-20-28(35)39/h3-12,23-24,29-30H,13-20H2,1-2H3/t23-,24-,29-,30-/m1/s1. The van der Waals surface area contributed by atoms with Gasteiger partial charge in [0.15, 0.2) is 5.79 Å². The molecule has 3 fully saturated rings. The molecule has 2 aromatic rings. The van der Waals surface area contributed by atoms with Crippen LogP contribution in [0.4, 0.5) is 0 Å². The van der Waals surface area contributed by atoms with E-state index in [1.807, 2.05) is 60.7 Å². The number of carbonyl (C=O) groups is 6. The molecular formula is C33H36N2O10. The zero-order chi connectivity index (χ0) is 32.1. The van der Waals surface area contributed by atoms with E-state index >= 15 is 0 Å². The van der Waals surface area contributed by atoms with Crippen molar-refractivity contribution in [3.63, 3.8) is 0 Å². The quantitative estimate of drug-likeness (QED) is 0.324. The fourth-order valence-electron chi connectivity index (χ4n) is 5.84. The molecule has 238 valence electrons. The summed E-state index contributed by atoms with van der Waals surface area (Å²) in [6, 6.07) is 18.8. The van der Waals surface area contributed by atoms with Gasteiger partial charge in [-0.1, -0.05) is 60.7 Å². The van der Waals surface area contributed by atoms with Crippen LogP contribution in [0.25, 0.3) is 0 Å². The monoisotopic (exact) mass is 620 g/mol. The summed E-state index contributed by atoms with van der Waals surface area (Å²) in [5.41, 5.74) is 1.84. The van der Waals surface area contributed by atoms with E-state index in [0.717, 1.165) is 11.1 Å². The number of rotatable bonds is 12. The van der Waals surface area contributed by atoms with Crippen LogP contribution in [0, 0.1) is 11.8 Å². The van der Waals surface area contributed by atoms with Gasteiger partial charge >= 0.3 is 11.9 Å². The third-order valence-electron chi connectivity index (χ3n) is 8.11.